The maximum absolute atomic E-state index is 13.1. The first-order valence-corrected chi connectivity index (χ1v) is 11.7. The van der Waals surface area contributed by atoms with Crippen molar-refractivity contribution < 1.29 is 22.3 Å². The van der Waals surface area contributed by atoms with E-state index < -0.39 is 9.84 Å². The van der Waals surface area contributed by atoms with Crippen molar-refractivity contribution in [3.05, 3.63) is 59.9 Å². The van der Waals surface area contributed by atoms with Gasteiger partial charge in [-0.2, -0.15) is 4.99 Å². The summed E-state index contributed by atoms with van der Waals surface area (Å²) in [4.78, 5) is 18.6. The van der Waals surface area contributed by atoms with Crippen molar-refractivity contribution in [1.82, 2.24) is 0 Å². The molecule has 0 spiro atoms. The van der Waals surface area contributed by atoms with Crippen LogP contribution in [-0.2, 0) is 21.1 Å². The van der Waals surface area contributed by atoms with Crippen molar-refractivity contribution in [2.24, 2.45) is 4.99 Å². The fraction of sp³-hybridized carbons (Fsp3) is 0.300. The molecule has 2 heterocycles. The SMILES string of the molecule is COc1ccccc1N1C(=NC(=O)Cc2ccc(F)cc2)S[C@H]2CS(=O)(=O)C[C@@H]21. The number of halogens is 1. The second-order valence-electron chi connectivity index (χ2n) is 6.93. The quantitative estimate of drug-likeness (QED) is 0.737. The van der Waals surface area contributed by atoms with Gasteiger partial charge in [0, 0.05) is 5.25 Å². The molecule has 0 bridgehead atoms. The zero-order chi connectivity index (χ0) is 20.6. The van der Waals surface area contributed by atoms with E-state index in [4.69, 9.17) is 4.74 Å². The third-order valence-electron chi connectivity index (χ3n) is 4.90. The average molecular weight is 435 g/mol. The molecule has 2 aliphatic heterocycles. The number of amides is 1. The molecule has 1 amide bonds. The van der Waals surface area contributed by atoms with Gasteiger partial charge in [0.1, 0.15) is 11.6 Å². The van der Waals surface area contributed by atoms with Gasteiger partial charge >= 0.3 is 0 Å². The Kier molecular flexibility index (Phi) is 5.35. The molecule has 0 aliphatic carbocycles. The number of hydrogen-bond acceptors (Lipinski definition) is 5. The highest BCUT2D eigenvalue weighted by Gasteiger charge is 2.50. The van der Waals surface area contributed by atoms with Gasteiger partial charge < -0.3 is 9.64 Å². The predicted octanol–water partition coefficient (Wildman–Crippen LogP) is 2.68. The van der Waals surface area contributed by atoms with Crippen LogP contribution in [0.2, 0.25) is 0 Å². The Morgan fingerprint density at radius 1 is 1.21 bits per heavy atom. The van der Waals surface area contributed by atoms with Crippen molar-refractivity contribution in [2.45, 2.75) is 17.7 Å². The Hall–Kier alpha value is -2.39. The Bertz CT molecular complexity index is 1070. The molecule has 0 saturated carbocycles. The highest BCUT2D eigenvalue weighted by Crippen LogP contribution is 2.43. The number of benzene rings is 2. The Labute approximate surface area is 172 Å². The van der Waals surface area contributed by atoms with Crippen LogP contribution >= 0.6 is 11.8 Å². The molecule has 2 fully saturated rings. The van der Waals surface area contributed by atoms with Crippen LogP contribution in [0.15, 0.2) is 53.5 Å². The summed E-state index contributed by atoms with van der Waals surface area (Å²) in [6, 6.07) is 12.7. The molecule has 2 aromatic rings. The maximum Gasteiger partial charge on any atom is 0.252 e. The first-order valence-electron chi connectivity index (χ1n) is 9.01. The summed E-state index contributed by atoms with van der Waals surface area (Å²) >= 11 is 1.31. The lowest BCUT2D eigenvalue weighted by Gasteiger charge is -2.26. The number of sulfone groups is 1. The van der Waals surface area contributed by atoms with E-state index in [0.29, 0.717) is 22.2 Å². The number of carbonyl (C=O) groups is 1. The first kappa shape index (κ1) is 19.9. The van der Waals surface area contributed by atoms with Gasteiger partial charge in [-0.15, -0.1) is 0 Å². The molecule has 152 valence electrons. The van der Waals surface area contributed by atoms with Crippen molar-refractivity contribution in [3.8, 4) is 5.75 Å². The van der Waals surface area contributed by atoms with Crippen LogP contribution in [0.1, 0.15) is 5.56 Å². The molecular weight excluding hydrogens is 415 g/mol. The van der Waals surface area contributed by atoms with Crippen molar-refractivity contribution in [2.75, 3.05) is 23.5 Å². The molecule has 0 N–H and O–H groups in total. The Morgan fingerprint density at radius 3 is 2.66 bits per heavy atom. The van der Waals surface area contributed by atoms with Crippen LogP contribution in [0.25, 0.3) is 0 Å². The smallest absolute Gasteiger partial charge is 0.252 e. The van der Waals surface area contributed by atoms with E-state index in [2.05, 4.69) is 4.99 Å². The highest BCUT2D eigenvalue weighted by atomic mass is 32.2. The maximum atomic E-state index is 13.1. The normalized spacial score (nSPS) is 23.9. The van der Waals surface area contributed by atoms with Crippen LogP contribution in [0, 0.1) is 5.82 Å². The lowest BCUT2D eigenvalue weighted by Crippen LogP contribution is -2.38. The number of ether oxygens (including phenoxy) is 1. The fourth-order valence-corrected chi connectivity index (χ4v) is 7.52. The topological polar surface area (TPSA) is 76.0 Å². The van der Waals surface area contributed by atoms with Crippen molar-refractivity contribution in [1.29, 1.82) is 0 Å². The molecule has 0 aromatic heterocycles. The van der Waals surface area contributed by atoms with E-state index in [0.717, 1.165) is 0 Å². The summed E-state index contributed by atoms with van der Waals surface area (Å²) in [5.74, 6) is -0.0960. The van der Waals surface area contributed by atoms with Gasteiger partial charge in [0.15, 0.2) is 15.0 Å². The van der Waals surface area contributed by atoms with Gasteiger partial charge in [-0.3, -0.25) is 4.79 Å². The van der Waals surface area contributed by atoms with Gasteiger partial charge in [0.25, 0.3) is 5.91 Å². The number of anilines is 1. The molecule has 2 atom stereocenters. The highest BCUT2D eigenvalue weighted by molar-refractivity contribution is 8.16. The van der Waals surface area contributed by atoms with Crippen molar-refractivity contribution >= 4 is 38.4 Å². The summed E-state index contributed by atoms with van der Waals surface area (Å²) in [6.07, 6.45) is 0.0394. The van der Waals surface area contributed by atoms with Crippen LogP contribution in [0.3, 0.4) is 0 Å². The number of fused-ring (bicyclic) bond motifs is 1. The molecule has 9 heteroatoms. The summed E-state index contributed by atoms with van der Waals surface area (Å²) in [6.45, 7) is 0. The summed E-state index contributed by atoms with van der Waals surface area (Å²) in [7, 11) is -1.61. The van der Waals surface area contributed by atoms with Gasteiger partial charge in [0.05, 0.1) is 36.8 Å². The van der Waals surface area contributed by atoms with E-state index in [1.54, 1.807) is 30.2 Å². The zero-order valence-electron chi connectivity index (χ0n) is 15.6. The molecule has 0 unspecified atom stereocenters. The van der Waals surface area contributed by atoms with Crippen LogP contribution in [-0.4, -0.2) is 49.4 Å². The minimum Gasteiger partial charge on any atom is -0.495 e. The largest absolute Gasteiger partial charge is 0.495 e. The lowest BCUT2D eigenvalue weighted by atomic mass is 10.1. The second-order valence-corrected chi connectivity index (χ2v) is 10.3. The third-order valence-corrected chi connectivity index (χ3v) is 8.11. The molecular formula is C20H19FN2O4S2. The van der Waals surface area contributed by atoms with Gasteiger partial charge in [-0.05, 0) is 29.8 Å². The van der Waals surface area contributed by atoms with Crippen LogP contribution in [0.5, 0.6) is 5.75 Å². The van der Waals surface area contributed by atoms with Crippen molar-refractivity contribution in [3.63, 3.8) is 0 Å². The standard InChI is InChI=1S/C20H19FN2O4S2/c1-27-17-5-3-2-4-15(17)23-16-11-29(25,26)12-18(16)28-20(23)22-19(24)10-13-6-8-14(21)9-7-13/h2-9,16,18H,10-12H2,1H3/t16-,18-/m0/s1. The van der Waals surface area contributed by atoms with Gasteiger partial charge in [0.2, 0.25) is 0 Å². The number of rotatable bonds is 4. The number of nitrogens with zero attached hydrogens (tertiary/aromatic N) is 2. The number of aliphatic imine (C=N–C) groups is 1. The molecule has 4 rings (SSSR count). The zero-order valence-corrected chi connectivity index (χ0v) is 17.2. The summed E-state index contributed by atoms with van der Waals surface area (Å²) in [5.41, 5.74) is 1.34. The lowest BCUT2D eigenvalue weighted by molar-refractivity contribution is -0.117. The van der Waals surface area contributed by atoms with E-state index in [9.17, 15) is 17.6 Å². The van der Waals surface area contributed by atoms with Gasteiger partial charge in [-0.1, -0.05) is 36.0 Å². The fourth-order valence-electron chi connectivity index (χ4n) is 3.60. The minimum atomic E-state index is -3.15. The van der Waals surface area contributed by atoms with E-state index >= 15 is 0 Å². The van der Waals surface area contributed by atoms with Crippen LogP contribution in [0.4, 0.5) is 10.1 Å². The molecule has 6 nitrogen and oxygen atoms in total. The number of methoxy groups -OCH3 is 1. The summed E-state index contributed by atoms with van der Waals surface area (Å²) in [5, 5.41) is 0.272. The van der Waals surface area contributed by atoms with E-state index in [1.807, 2.05) is 18.2 Å². The third kappa shape index (κ3) is 4.16. The second kappa shape index (κ2) is 7.79. The van der Waals surface area contributed by atoms with E-state index in [-0.39, 0.29) is 40.9 Å². The minimum absolute atomic E-state index is 0.00783. The van der Waals surface area contributed by atoms with Gasteiger partial charge in [-0.25, -0.2) is 12.8 Å². The number of hydrogen-bond donors (Lipinski definition) is 0. The summed E-state index contributed by atoms with van der Waals surface area (Å²) < 4.78 is 42.8. The predicted molar refractivity (Wildman–Crippen MR) is 112 cm³/mol. The Balaban J connectivity index is 1.66. The van der Waals surface area contributed by atoms with Crippen LogP contribution < -0.4 is 9.64 Å². The number of carbonyl (C=O) groups excluding carboxylic acids is 1. The Morgan fingerprint density at radius 2 is 1.93 bits per heavy atom. The number of para-hydroxylation sites is 2. The monoisotopic (exact) mass is 434 g/mol. The van der Waals surface area contributed by atoms with E-state index in [1.165, 1.54) is 23.9 Å². The molecule has 2 aromatic carbocycles. The number of amidine groups is 1. The average Bonchev–Trinajstić information content (AvgIpc) is 3.14. The molecule has 2 saturated heterocycles. The molecule has 2 aliphatic rings. The molecule has 29 heavy (non-hydrogen) atoms. The number of thioether (sulfide) groups is 1. The first-order chi connectivity index (χ1) is 13.9. The molecule has 0 radical (unpaired) electrons.